The smallest absolute Gasteiger partial charge is 0.123 e. The van der Waals surface area contributed by atoms with E-state index < -0.39 is 0 Å². The lowest BCUT2D eigenvalue weighted by atomic mass is 10.1. The van der Waals surface area contributed by atoms with Crippen LogP contribution >= 0.6 is 17.0 Å². The Morgan fingerprint density at radius 3 is 2.83 bits per heavy atom. The summed E-state index contributed by atoms with van der Waals surface area (Å²) in [5.74, 6) is -0.180. The second-order valence-corrected chi connectivity index (χ2v) is 4.66. The second-order valence-electron chi connectivity index (χ2n) is 4.66. The molecule has 1 aromatic heterocycles. The molecule has 1 aliphatic rings. The fraction of sp³-hybridized carbons (Fsp3) is 0.286. The topological polar surface area (TPSA) is 19.0 Å². The Kier molecular flexibility index (Phi) is 3.88. The average Bonchev–Trinajstić information content (AvgIpc) is 2.72. The first kappa shape index (κ1) is 13.3. The molecular weight excluding hydrogens is 295 g/mol. The summed E-state index contributed by atoms with van der Waals surface area (Å²) in [6.07, 6.45) is 3.29. The van der Waals surface area contributed by atoms with Gasteiger partial charge in [0.2, 0.25) is 0 Å². The van der Waals surface area contributed by atoms with Crippen molar-refractivity contribution in [2.75, 3.05) is 20.1 Å². The maximum absolute atomic E-state index is 13.1. The largest absolute Gasteiger partial charge is 0.355 e. The summed E-state index contributed by atoms with van der Waals surface area (Å²) in [6, 6.07) is 6.90. The van der Waals surface area contributed by atoms with Crippen molar-refractivity contribution in [2.24, 2.45) is 0 Å². The fourth-order valence-corrected chi connectivity index (χ4v) is 2.29. The molecule has 0 amide bonds. The van der Waals surface area contributed by atoms with Crippen LogP contribution in [0, 0.1) is 5.82 Å². The van der Waals surface area contributed by atoms with E-state index >= 15 is 0 Å². The zero-order chi connectivity index (χ0) is 11.8. The van der Waals surface area contributed by atoms with Crippen LogP contribution in [0.4, 0.5) is 4.39 Å². The first-order chi connectivity index (χ1) is 8.22. The van der Waals surface area contributed by atoms with E-state index in [1.807, 2.05) is 6.07 Å². The Morgan fingerprint density at radius 1 is 1.28 bits per heavy atom. The molecule has 1 aliphatic heterocycles. The predicted molar refractivity (Wildman–Crippen MR) is 78.7 cm³/mol. The van der Waals surface area contributed by atoms with E-state index in [2.05, 4.69) is 23.0 Å². The van der Waals surface area contributed by atoms with Crippen LogP contribution in [0.3, 0.4) is 0 Å². The molecular formula is C14H16BrFN2. The molecule has 18 heavy (non-hydrogen) atoms. The number of benzene rings is 1. The summed E-state index contributed by atoms with van der Waals surface area (Å²) in [4.78, 5) is 5.64. The van der Waals surface area contributed by atoms with Crippen molar-refractivity contribution in [3.63, 3.8) is 0 Å². The Hall–Kier alpha value is -1.13. The number of hydrogen-bond acceptors (Lipinski definition) is 1. The molecule has 0 atom stereocenters. The van der Waals surface area contributed by atoms with E-state index in [4.69, 9.17) is 0 Å². The summed E-state index contributed by atoms with van der Waals surface area (Å²) in [7, 11) is 2.12. The SMILES string of the molecule is Br.CN1CC=C(c2cc3cc(F)ccc3[nH]2)CC1. The number of rotatable bonds is 1. The van der Waals surface area contributed by atoms with E-state index in [0.29, 0.717) is 0 Å². The second kappa shape index (κ2) is 5.24. The normalized spacial score (nSPS) is 16.4. The lowest BCUT2D eigenvalue weighted by Crippen LogP contribution is -2.23. The lowest BCUT2D eigenvalue weighted by Gasteiger charge is -2.21. The van der Waals surface area contributed by atoms with Gasteiger partial charge >= 0.3 is 0 Å². The molecule has 0 bridgehead atoms. The highest BCUT2D eigenvalue weighted by atomic mass is 79.9. The highest BCUT2D eigenvalue weighted by Crippen LogP contribution is 2.25. The first-order valence-corrected chi connectivity index (χ1v) is 5.88. The Labute approximate surface area is 116 Å². The maximum atomic E-state index is 13.1. The fourth-order valence-electron chi connectivity index (χ4n) is 2.29. The number of nitrogens with one attached hydrogen (secondary N) is 1. The molecule has 0 saturated heterocycles. The molecule has 0 aliphatic carbocycles. The Bertz CT molecular complexity index is 588. The summed E-state index contributed by atoms with van der Waals surface area (Å²) in [5.41, 5.74) is 3.46. The Balaban J connectivity index is 0.00000120. The van der Waals surface area contributed by atoms with Gasteiger partial charge in [-0.15, -0.1) is 17.0 Å². The van der Waals surface area contributed by atoms with Gasteiger partial charge in [-0.05, 0) is 43.3 Å². The molecule has 2 heterocycles. The van der Waals surface area contributed by atoms with E-state index in [0.717, 1.165) is 36.1 Å². The van der Waals surface area contributed by atoms with Gasteiger partial charge in [-0.25, -0.2) is 4.39 Å². The number of H-pyrrole nitrogens is 1. The van der Waals surface area contributed by atoms with Crippen molar-refractivity contribution in [1.82, 2.24) is 9.88 Å². The first-order valence-electron chi connectivity index (χ1n) is 5.88. The number of aromatic amines is 1. The number of nitrogens with zero attached hydrogens (tertiary/aromatic N) is 1. The molecule has 3 rings (SSSR count). The van der Waals surface area contributed by atoms with Crippen LogP contribution in [0.1, 0.15) is 12.1 Å². The minimum Gasteiger partial charge on any atom is -0.355 e. The highest BCUT2D eigenvalue weighted by molar-refractivity contribution is 8.93. The molecule has 0 radical (unpaired) electrons. The van der Waals surface area contributed by atoms with Crippen LogP contribution in [-0.2, 0) is 0 Å². The monoisotopic (exact) mass is 310 g/mol. The molecule has 0 spiro atoms. The summed E-state index contributed by atoms with van der Waals surface area (Å²) < 4.78 is 13.1. The van der Waals surface area contributed by atoms with Gasteiger partial charge in [0.1, 0.15) is 5.82 Å². The van der Waals surface area contributed by atoms with Crippen LogP contribution < -0.4 is 0 Å². The number of likely N-dealkylation sites (N-methyl/N-ethyl adjacent to an activating group) is 1. The van der Waals surface area contributed by atoms with Crippen molar-refractivity contribution in [3.8, 4) is 0 Å². The third-order valence-corrected chi connectivity index (χ3v) is 3.34. The summed E-state index contributed by atoms with van der Waals surface area (Å²) >= 11 is 0. The zero-order valence-electron chi connectivity index (χ0n) is 10.2. The van der Waals surface area contributed by atoms with Crippen molar-refractivity contribution in [1.29, 1.82) is 0 Å². The third kappa shape index (κ3) is 2.49. The Morgan fingerprint density at radius 2 is 2.11 bits per heavy atom. The minimum atomic E-state index is -0.180. The molecule has 96 valence electrons. The van der Waals surface area contributed by atoms with Gasteiger partial charge < -0.3 is 9.88 Å². The van der Waals surface area contributed by atoms with Crippen molar-refractivity contribution < 1.29 is 4.39 Å². The number of halogens is 2. The van der Waals surface area contributed by atoms with Crippen molar-refractivity contribution >= 4 is 33.5 Å². The maximum Gasteiger partial charge on any atom is 0.123 e. The van der Waals surface area contributed by atoms with Gasteiger partial charge in [-0.2, -0.15) is 0 Å². The van der Waals surface area contributed by atoms with E-state index in [1.54, 1.807) is 12.1 Å². The number of hydrogen-bond donors (Lipinski definition) is 1. The van der Waals surface area contributed by atoms with Crippen molar-refractivity contribution in [2.45, 2.75) is 6.42 Å². The molecule has 2 aromatic rings. The lowest BCUT2D eigenvalue weighted by molar-refractivity contribution is 0.370. The minimum absolute atomic E-state index is 0. The molecule has 0 fully saturated rings. The molecule has 1 aromatic carbocycles. The van der Waals surface area contributed by atoms with Crippen LogP contribution in [0.25, 0.3) is 16.5 Å². The molecule has 1 N–H and O–H groups in total. The van der Waals surface area contributed by atoms with Crippen LogP contribution in [0.5, 0.6) is 0 Å². The van der Waals surface area contributed by atoms with Gasteiger partial charge in [0.15, 0.2) is 0 Å². The van der Waals surface area contributed by atoms with Gasteiger partial charge in [-0.3, -0.25) is 0 Å². The molecule has 0 unspecified atom stereocenters. The molecule has 2 nitrogen and oxygen atoms in total. The van der Waals surface area contributed by atoms with E-state index in [-0.39, 0.29) is 22.8 Å². The van der Waals surface area contributed by atoms with Crippen LogP contribution in [-0.4, -0.2) is 30.0 Å². The number of fused-ring (bicyclic) bond motifs is 1. The van der Waals surface area contributed by atoms with Crippen molar-refractivity contribution in [3.05, 3.63) is 41.9 Å². The highest BCUT2D eigenvalue weighted by Gasteiger charge is 2.11. The number of aromatic nitrogens is 1. The molecule has 4 heteroatoms. The predicted octanol–water partition coefficient (Wildman–Crippen LogP) is 3.60. The van der Waals surface area contributed by atoms with E-state index in [9.17, 15) is 4.39 Å². The van der Waals surface area contributed by atoms with Gasteiger partial charge in [0.25, 0.3) is 0 Å². The summed E-state index contributed by atoms with van der Waals surface area (Å²) in [6.45, 7) is 2.06. The quantitative estimate of drug-likeness (QED) is 0.852. The van der Waals surface area contributed by atoms with Gasteiger partial charge in [-0.1, -0.05) is 6.08 Å². The zero-order valence-corrected chi connectivity index (χ0v) is 12.0. The standard InChI is InChI=1S/C14H15FN2.BrH/c1-17-6-4-10(5-7-17)14-9-11-8-12(15)2-3-13(11)16-14;/h2-4,8-9,16H,5-7H2,1H3;1H. The van der Waals surface area contributed by atoms with Crippen LogP contribution in [0.15, 0.2) is 30.3 Å². The summed E-state index contributed by atoms with van der Waals surface area (Å²) in [5, 5.41) is 0.944. The van der Waals surface area contributed by atoms with Gasteiger partial charge in [0.05, 0.1) is 0 Å². The molecule has 0 saturated carbocycles. The van der Waals surface area contributed by atoms with Crippen LogP contribution in [0.2, 0.25) is 0 Å². The third-order valence-electron chi connectivity index (χ3n) is 3.34. The van der Waals surface area contributed by atoms with E-state index in [1.165, 1.54) is 11.6 Å². The average molecular weight is 311 g/mol. The van der Waals surface area contributed by atoms with Gasteiger partial charge in [0, 0.05) is 29.7 Å².